The van der Waals surface area contributed by atoms with Crippen LogP contribution in [0.2, 0.25) is 0 Å². The van der Waals surface area contributed by atoms with Gasteiger partial charge in [0.15, 0.2) is 0 Å². The summed E-state index contributed by atoms with van der Waals surface area (Å²) in [7, 11) is 0. The van der Waals surface area contributed by atoms with Gasteiger partial charge < -0.3 is 0 Å². The van der Waals surface area contributed by atoms with Crippen LogP contribution in [0.3, 0.4) is 0 Å². The van der Waals surface area contributed by atoms with Crippen LogP contribution in [-0.4, -0.2) is 4.98 Å². The Kier molecular flexibility index (Phi) is 7.37. The number of nitrogens with zero attached hydrogens (tertiary/aromatic N) is 1. The van der Waals surface area contributed by atoms with E-state index >= 15 is 0 Å². The Morgan fingerprint density at radius 2 is 0.600 bits per heavy atom. The fourth-order valence-corrected chi connectivity index (χ4v) is 12.9. The summed E-state index contributed by atoms with van der Waals surface area (Å²) >= 11 is 0. The summed E-state index contributed by atoms with van der Waals surface area (Å²) in [5, 5.41) is 0. The van der Waals surface area contributed by atoms with Crippen molar-refractivity contribution in [2.45, 2.75) is 30.1 Å². The summed E-state index contributed by atoms with van der Waals surface area (Å²) in [4.78, 5) is 5.54. The molecule has 0 aliphatic heterocycles. The van der Waals surface area contributed by atoms with Gasteiger partial charge in [0, 0.05) is 16.5 Å². The zero-order valence-electron chi connectivity index (χ0n) is 36.3. The third-order valence-corrected chi connectivity index (χ3v) is 15.6. The third kappa shape index (κ3) is 4.65. The van der Waals surface area contributed by atoms with Crippen molar-refractivity contribution in [3.8, 4) is 67.0 Å². The van der Waals surface area contributed by atoms with Gasteiger partial charge in [0.1, 0.15) is 0 Å². The molecule has 65 heavy (non-hydrogen) atoms. The summed E-state index contributed by atoms with van der Waals surface area (Å²) in [6, 6.07) is 84.5. The summed E-state index contributed by atoms with van der Waals surface area (Å²) in [6.07, 6.45) is 0. The molecule has 1 aromatic heterocycles. The highest BCUT2D eigenvalue weighted by Gasteiger charge is 2.58. The molecule has 0 bridgehead atoms. The SMILES string of the molecule is CC1(C)c2ccccc2-c2ccc(-c3cc(-c4ccccc4)nc(-c4ccc5c(c4)C4(c6ccccc6-5)c5ccccc5C5(c6ccccc6-c6ccccc65)c5ccccc54)c3)cc21. The van der Waals surface area contributed by atoms with Crippen molar-refractivity contribution in [3.63, 3.8) is 0 Å². The number of pyridine rings is 1. The number of rotatable bonds is 3. The minimum Gasteiger partial charge on any atom is -0.248 e. The Morgan fingerprint density at radius 1 is 0.246 bits per heavy atom. The monoisotopic (exact) mass is 825 g/mol. The molecule has 4 aliphatic carbocycles. The first-order valence-corrected chi connectivity index (χ1v) is 23.0. The Balaban J connectivity index is 1.02. The van der Waals surface area contributed by atoms with Crippen LogP contribution in [0, 0.1) is 0 Å². The molecule has 0 saturated carbocycles. The fraction of sp³-hybridized carbons (Fsp3) is 0.0781. The zero-order chi connectivity index (χ0) is 43.1. The van der Waals surface area contributed by atoms with E-state index < -0.39 is 10.8 Å². The van der Waals surface area contributed by atoms with Crippen LogP contribution in [0.1, 0.15) is 69.5 Å². The van der Waals surface area contributed by atoms with Crippen molar-refractivity contribution in [2.75, 3.05) is 0 Å². The van der Waals surface area contributed by atoms with Gasteiger partial charge in [-0.05, 0) is 124 Å². The van der Waals surface area contributed by atoms with E-state index in [0.29, 0.717) is 0 Å². The second-order valence-corrected chi connectivity index (χ2v) is 18.9. The molecule has 0 atom stereocenters. The summed E-state index contributed by atoms with van der Waals surface area (Å²) in [6.45, 7) is 4.72. The summed E-state index contributed by atoms with van der Waals surface area (Å²) < 4.78 is 0. The Morgan fingerprint density at radius 3 is 1.12 bits per heavy atom. The van der Waals surface area contributed by atoms with Crippen LogP contribution >= 0.6 is 0 Å². The molecule has 1 heteroatoms. The summed E-state index contributed by atoms with van der Waals surface area (Å²) in [5.74, 6) is 0. The highest BCUT2D eigenvalue weighted by atomic mass is 14.7. The molecule has 9 aromatic carbocycles. The molecule has 0 unspecified atom stereocenters. The molecule has 0 saturated heterocycles. The maximum absolute atomic E-state index is 5.54. The molecule has 1 heterocycles. The Hall–Kier alpha value is -7.87. The maximum atomic E-state index is 5.54. The summed E-state index contributed by atoms with van der Waals surface area (Å²) in [5.41, 5.74) is 26.7. The topological polar surface area (TPSA) is 12.9 Å². The molecule has 0 N–H and O–H groups in total. The van der Waals surface area contributed by atoms with Crippen molar-refractivity contribution < 1.29 is 0 Å². The van der Waals surface area contributed by atoms with Gasteiger partial charge in [-0.2, -0.15) is 0 Å². The van der Waals surface area contributed by atoms with Crippen LogP contribution < -0.4 is 0 Å². The standard InChI is InChI=1S/C64H43N/c1-62(2)50-24-10-6-20-44(50)48-34-32-41(36-58(48)62)43-38-60(40-18-4-3-5-19-40)65-61(39-43)42-33-35-49-47-23-9-13-27-53(47)64(59(49)37-42)56-30-16-14-28-54(56)63(55-29-15-17-31-57(55)64)51-25-11-7-21-45(51)46-22-8-12-26-52(46)63/h3-39H,1-2H3. The van der Waals surface area contributed by atoms with Gasteiger partial charge in [0.25, 0.3) is 0 Å². The second kappa shape index (κ2) is 13.1. The Labute approximate surface area is 380 Å². The molecule has 1 nitrogen and oxygen atoms in total. The zero-order valence-corrected chi connectivity index (χ0v) is 36.3. The lowest BCUT2D eigenvalue weighted by Gasteiger charge is -2.48. The van der Waals surface area contributed by atoms with E-state index in [9.17, 15) is 0 Å². The number of benzene rings is 9. The smallest absolute Gasteiger partial charge is 0.0720 e. The molecular weight excluding hydrogens is 783 g/mol. The molecule has 14 rings (SSSR count). The first-order chi connectivity index (χ1) is 32.0. The van der Waals surface area contributed by atoms with Gasteiger partial charge in [-0.25, -0.2) is 4.98 Å². The van der Waals surface area contributed by atoms with Crippen LogP contribution in [0.5, 0.6) is 0 Å². The average Bonchev–Trinajstić information content (AvgIpc) is 3.92. The normalized spacial score (nSPS) is 15.3. The molecular formula is C64H43N. The van der Waals surface area contributed by atoms with Crippen molar-refractivity contribution in [2.24, 2.45) is 0 Å². The Bertz CT molecular complexity index is 3550. The van der Waals surface area contributed by atoms with Gasteiger partial charge in [0.2, 0.25) is 0 Å². The largest absolute Gasteiger partial charge is 0.248 e. The van der Waals surface area contributed by atoms with Crippen molar-refractivity contribution >= 4 is 0 Å². The van der Waals surface area contributed by atoms with Gasteiger partial charge >= 0.3 is 0 Å². The van der Waals surface area contributed by atoms with Crippen molar-refractivity contribution in [1.29, 1.82) is 0 Å². The van der Waals surface area contributed by atoms with E-state index in [2.05, 4.69) is 238 Å². The van der Waals surface area contributed by atoms with Crippen LogP contribution in [0.15, 0.2) is 224 Å². The molecule has 2 spiro atoms. The maximum Gasteiger partial charge on any atom is 0.0720 e. The highest BCUT2D eigenvalue weighted by molar-refractivity contribution is 5.95. The molecule has 304 valence electrons. The molecule has 0 amide bonds. The van der Waals surface area contributed by atoms with Crippen molar-refractivity contribution in [3.05, 3.63) is 280 Å². The van der Waals surface area contributed by atoms with E-state index in [1.54, 1.807) is 0 Å². The quantitative estimate of drug-likeness (QED) is 0.173. The third-order valence-electron chi connectivity index (χ3n) is 15.6. The van der Waals surface area contributed by atoms with E-state index in [4.69, 9.17) is 4.98 Å². The molecule has 0 radical (unpaired) electrons. The van der Waals surface area contributed by atoms with Gasteiger partial charge in [0.05, 0.1) is 22.2 Å². The number of fused-ring (bicyclic) bond motifs is 19. The highest BCUT2D eigenvalue weighted by Crippen LogP contribution is 2.67. The fourth-order valence-electron chi connectivity index (χ4n) is 12.9. The number of aromatic nitrogens is 1. The van der Waals surface area contributed by atoms with E-state index in [1.165, 1.54) is 94.6 Å². The van der Waals surface area contributed by atoms with Gasteiger partial charge in [-0.15, -0.1) is 0 Å². The number of hydrogen-bond donors (Lipinski definition) is 0. The average molecular weight is 826 g/mol. The lowest BCUT2D eigenvalue weighted by molar-refractivity contribution is 0.633. The van der Waals surface area contributed by atoms with Gasteiger partial charge in [-0.1, -0.05) is 214 Å². The first-order valence-electron chi connectivity index (χ1n) is 23.0. The molecule has 4 aliphatic rings. The minimum atomic E-state index is -0.576. The predicted molar refractivity (Wildman–Crippen MR) is 266 cm³/mol. The lowest BCUT2D eigenvalue weighted by Crippen LogP contribution is -2.43. The minimum absolute atomic E-state index is 0.100. The second-order valence-electron chi connectivity index (χ2n) is 18.9. The lowest BCUT2D eigenvalue weighted by atomic mass is 9.52. The first kappa shape index (κ1) is 36.6. The van der Waals surface area contributed by atoms with Gasteiger partial charge in [-0.3, -0.25) is 0 Å². The van der Waals surface area contributed by atoms with Crippen molar-refractivity contribution in [1.82, 2.24) is 4.98 Å². The predicted octanol–water partition coefficient (Wildman–Crippen LogP) is 15.4. The molecule has 0 fully saturated rings. The van der Waals surface area contributed by atoms with E-state index in [1.807, 2.05) is 0 Å². The van der Waals surface area contributed by atoms with E-state index in [-0.39, 0.29) is 5.41 Å². The van der Waals surface area contributed by atoms with Crippen LogP contribution in [0.4, 0.5) is 0 Å². The van der Waals surface area contributed by atoms with E-state index in [0.717, 1.165) is 28.1 Å². The number of hydrogen-bond acceptors (Lipinski definition) is 1. The molecule has 10 aromatic rings. The van der Waals surface area contributed by atoms with Crippen LogP contribution in [0.25, 0.3) is 67.0 Å². The van der Waals surface area contributed by atoms with Crippen LogP contribution in [-0.2, 0) is 16.2 Å².